The molecular weight excluding hydrogens is 482 g/mol. The summed E-state index contributed by atoms with van der Waals surface area (Å²) in [6.07, 6.45) is -0.0596. The van der Waals surface area contributed by atoms with Crippen LogP contribution in [0.25, 0.3) is 0 Å². The molecule has 0 aromatic heterocycles. The molecule has 3 aromatic rings. The van der Waals surface area contributed by atoms with Crippen molar-refractivity contribution in [2.24, 2.45) is 0 Å². The lowest BCUT2D eigenvalue weighted by Gasteiger charge is -2.18. The summed E-state index contributed by atoms with van der Waals surface area (Å²) in [5.41, 5.74) is 1.45. The molecule has 0 bridgehead atoms. The third-order valence-corrected chi connectivity index (χ3v) is 5.60. The number of ether oxygens (including phenoxy) is 2. The van der Waals surface area contributed by atoms with Crippen molar-refractivity contribution in [1.82, 2.24) is 0 Å². The van der Waals surface area contributed by atoms with Crippen molar-refractivity contribution in [3.63, 3.8) is 0 Å². The summed E-state index contributed by atoms with van der Waals surface area (Å²) < 4.78 is 11.0. The molecule has 0 radical (unpaired) electrons. The Hall–Kier alpha value is -4.30. The predicted molar refractivity (Wildman–Crippen MR) is 139 cm³/mol. The van der Waals surface area contributed by atoms with Crippen molar-refractivity contribution >= 4 is 46.4 Å². The number of hydrogen-bond acceptors (Lipinski definition) is 6. The molecule has 1 aliphatic rings. The van der Waals surface area contributed by atoms with Crippen molar-refractivity contribution in [2.75, 3.05) is 22.6 Å². The molecule has 0 atom stereocenters. The average Bonchev–Trinajstić information content (AvgIpc) is 3.08. The molecule has 1 heterocycles. The van der Waals surface area contributed by atoms with Crippen LogP contribution in [0.2, 0.25) is 0 Å². The van der Waals surface area contributed by atoms with E-state index in [0.717, 1.165) is 4.90 Å². The lowest BCUT2D eigenvalue weighted by atomic mass is 10.1. The van der Waals surface area contributed by atoms with Crippen LogP contribution in [0.15, 0.2) is 83.5 Å². The fourth-order valence-corrected chi connectivity index (χ4v) is 3.86. The first-order valence-electron chi connectivity index (χ1n) is 11.2. The predicted octanol–water partition coefficient (Wildman–Crippen LogP) is 5.17. The molecule has 0 saturated heterocycles. The quantitative estimate of drug-likeness (QED) is 0.410. The number of benzene rings is 3. The summed E-state index contributed by atoms with van der Waals surface area (Å²) in [5.74, 6) is -0.777. The van der Waals surface area contributed by atoms with Gasteiger partial charge in [0.2, 0.25) is 0 Å². The van der Waals surface area contributed by atoms with Crippen LogP contribution < -0.4 is 25.0 Å². The molecule has 0 unspecified atom stereocenters. The molecule has 0 saturated carbocycles. The molecule has 1 aliphatic heterocycles. The number of hydrogen-bond donors (Lipinski definition) is 2. The molecule has 0 spiro atoms. The number of amides is 3. The average molecular weight is 506 g/mol. The van der Waals surface area contributed by atoms with E-state index in [0.29, 0.717) is 28.4 Å². The number of anilines is 3. The Balaban J connectivity index is 1.55. The highest BCUT2D eigenvalue weighted by Gasteiger charge is 2.40. The van der Waals surface area contributed by atoms with Gasteiger partial charge in [0, 0.05) is 11.3 Å². The molecule has 4 rings (SSSR count). The van der Waals surface area contributed by atoms with E-state index in [2.05, 4.69) is 10.6 Å². The maximum Gasteiger partial charge on any atom is 0.283 e. The van der Waals surface area contributed by atoms with Crippen molar-refractivity contribution in [2.45, 2.75) is 20.0 Å². The third kappa shape index (κ3) is 5.04. The first-order valence-corrected chi connectivity index (χ1v) is 11.5. The van der Waals surface area contributed by atoms with E-state index in [1.807, 2.05) is 19.9 Å². The Morgan fingerprint density at radius 2 is 1.61 bits per heavy atom. The molecule has 9 heteroatoms. The monoisotopic (exact) mass is 505 g/mol. The van der Waals surface area contributed by atoms with Crippen LogP contribution in [0, 0.1) is 0 Å². The topological polar surface area (TPSA) is 97.0 Å². The summed E-state index contributed by atoms with van der Waals surface area (Å²) >= 11 is 6.25. The molecule has 0 fully saturated rings. The fraction of sp³-hybridized carbons (Fsp3) is 0.148. The molecule has 8 nitrogen and oxygen atoms in total. The van der Waals surface area contributed by atoms with Gasteiger partial charge in [0.1, 0.15) is 22.2 Å². The molecule has 36 heavy (non-hydrogen) atoms. The zero-order valence-corrected chi connectivity index (χ0v) is 20.6. The number of nitrogens with one attached hydrogen (secondary N) is 2. The zero-order valence-electron chi connectivity index (χ0n) is 19.9. The van der Waals surface area contributed by atoms with Crippen LogP contribution in [-0.4, -0.2) is 30.9 Å². The van der Waals surface area contributed by atoms with Crippen LogP contribution in [0.5, 0.6) is 11.5 Å². The van der Waals surface area contributed by atoms with E-state index in [4.69, 9.17) is 21.1 Å². The van der Waals surface area contributed by atoms with E-state index in [-0.39, 0.29) is 28.4 Å². The first-order chi connectivity index (χ1) is 17.3. The Bertz CT molecular complexity index is 1370. The van der Waals surface area contributed by atoms with Gasteiger partial charge in [-0.2, -0.15) is 0 Å². The Labute approximate surface area is 213 Å². The second kappa shape index (κ2) is 10.5. The number of halogens is 1. The Morgan fingerprint density at radius 3 is 2.33 bits per heavy atom. The molecular formula is C27H24ClN3O5. The van der Waals surface area contributed by atoms with Gasteiger partial charge >= 0.3 is 0 Å². The Kier molecular flexibility index (Phi) is 7.26. The van der Waals surface area contributed by atoms with Gasteiger partial charge in [-0.05, 0) is 56.3 Å². The maximum atomic E-state index is 13.1. The smallest absolute Gasteiger partial charge is 0.283 e. The zero-order chi connectivity index (χ0) is 25.8. The van der Waals surface area contributed by atoms with Gasteiger partial charge in [-0.1, -0.05) is 41.9 Å². The molecule has 184 valence electrons. The standard InChI is InChI=1S/C27H24ClN3O5/c1-16(2)36-21-13-6-4-11-19(21)30-25(32)17-9-8-10-18(15-17)29-24-23(28)26(33)31(27(24)34)20-12-5-7-14-22(20)35-3/h4-16,29H,1-3H3,(H,30,32). The summed E-state index contributed by atoms with van der Waals surface area (Å²) in [7, 11) is 1.45. The third-order valence-electron chi connectivity index (χ3n) is 5.25. The SMILES string of the molecule is COc1ccccc1N1C(=O)C(Cl)=C(Nc2cccc(C(=O)Nc3ccccc3OC(C)C)c2)C1=O. The number of imide groups is 1. The highest BCUT2D eigenvalue weighted by Crippen LogP contribution is 2.35. The first kappa shape index (κ1) is 24.8. The number of nitrogens with zero attached hydrogens (tertiary/aromatic N) is 1. The van der Waals surface area contributed by atoms with Crippen molar-refractivity contribution < 1.29 is 23.9 Å². The summed E-state index contributed by atoms with van der Waals surface area (Å²) in [5, 5.41) is 5.48. The highest BCUT2D eigenvalue weighted by molar-refractivity contribution is 6.53. The van der Waals surface area contributed by atoms with Crippen LogP contribution >= 0.6 is 11.6 Å². The highest BCUT2D eigenvalue weighted by atomic mass is 35.5. The van der Waals surface area contributed by atoms with E-state index < -0.39 is 11.8 Å². The van der Waals surface area contributed by atoms with Gasteiger partial charge in [-0.25, -0.2) is 4.90 Å². The molecule has 0 aliphatic carbocycles. The van der Waals surface area contributed by atoms with Crippen LogP contribution in [0.1, 0.15) is 24.2 Å². The van der Waals surface area contributed by atoms with Crippen LogP contribution in [-0.2, 0) is 9.59 Å². The summed E-state index contributed by atoms with van der Waals surface area (Å²) in [4.78, 5) is 39.9. The van der Waals surface area contributed by atoms with Gasteiger partial charge in [0.15, 0.2) is 0 Å². The summed E-state index contributed by atoms with van der Waals surface area (Å²) in [6, 6.07) is 20.3. The number of rotatable bonds is 8. The maximum absolute atomic E-state index is 13.1. The lowest BCUT2D eigenvalue weighted by Crippen LogP contribution is -2.32. The van der Waals surface area contributed by atoms with Crippen molar-refractivity contribution in [3.8, 4) is 11.5 Å². The number of methoxy groups -OCH3 is 1. The van der Waals surface area contributed by atoms with Gasteiger partial charge in [-0.15, -0.1) is 0 Å². The van der Waals surface area contributed by atoms with Crippen molar-refractivity contribution in [3.05, 3.63) is 89.1 Å². The minimum absolute atomic E-state index is 0.0596. The van der Waals surface area contributed by atoms with Gasteiger partial charge in [-0.3, -0.25) is 14.4 Å². The minimum Gasteiger partial charge on any atom is -0.495 e. The lowest BCUT2D eigenvalue weighted by molar-refractivity contribution is -0.120. The summed E-state index contributed by atoms with van der Waals surface area (Å²) in [6.45, 7) is 3.80. The fourth-order valence-electron chi connectivity index (χ4n) is 3.65. The Morgan fingerprint density at radius 1 is 0.917 bits per heavy atom. The van der Waals surface area contributed by atoms with Gasteiger partial charge < -0.3 is 20.1 Å². The second-order valence-corrected chi connectivity index (χ2v) is 8.51. The van der Waals surface area contributed by atoms with Crippen molar-refractivity contribution in [1.29, 1.82) is 0 Å². The van der Waals surface area contributed by atoms with Gasteiger partial charge in [0.05, 0.1) is 24.6 Å². The van der Waals surface area contributed by atoms with E-state index in [1.165, 1.54) is 7.11 Å². The van der Waals surface area contributed by atoms with Crippen LogP contribution in [0.3, 0.4) is 0 Å². The largest absolute Gasteiger partial charge is 0.495 e. The number of carbonyl (C=O) groups is 3. The number of carbonyl (C=O) groups excluding carboxylic acids is 3. The normalized spacial score (nSPS) is 13.3. The minimum atomic E-state index is -0.677. The van der Waals surface area contributed by atoms with Crippen LogP contribution in [0.4, 0.5) is 17.1 Å². The molecule has 2 N–H and O–H groups in total. The van der Waals surface area contributed by atoms with Gasteiger partial charge in [0.25, 0.3) is 17.7 Å². The molecule has 3 aromatic carbocycles. The van der Waals surface area contributed by atoms with E-state index >= 15 is 0 Å². The van der Waals surface area contributed by atoms with E-state index in [1.54, 1.807) is 66.7 Å². The van der Waals surface area contributed by atoms with E-state index in [9.17, 15) is 14.4 Å². The molecule has 3 amide bonds. The second-order valence-electron chi connectivity index (χ2n) is 8.13. The number of para-hydroxylation sites is 4.